The molecule has 0 fully saturated rings. The first kappa shape index (κ1) is 78.4. The fourth-order valence-corrected chi connectivity index (χ4v) is 9.69. The molecular weight excluding hydrogens is 1040 g/mol. The van der Waals surface area contributed by atoms with Crippen molar-refractivity contribution in [3.63, 3.8) is 0 Å². The minimum Gasteiger partial charge on any atom is -0.462 e. The van der Waals surface area contributed by atoms with Crippen LogP contribution in [0.3, 0.4) is 0 Å². The Balaban J connectivity index is 4.06. The molecule has 82 heavy (non-hydrogen) atoms. The second kappa shape index (κ2) is 62.0. The van der Waals surface area contributed by atoms with Crippen LogP contribution >= 0.6 is 7.82 Å². The van der Waals surface area contributed by atoms with Gasteiger partial charge in [-0.25, -0.2) is 4.57 Å². The maximum Gasteiger partial charge on any atom is 0.472 e. The van der Waals surface area contributed by atoms with Crippen molar-refractivity contribution in [2.45, 2.75) is 277 Å². The fourth-order valence-electron chi connectivity index (χ4n) is 8.95. The van der Waals surface area contributed by atoms with Gasteiger partial charge in [0.25, 0.3) is 0 Å². The summed E-state index contributed by atoms with van der Waals surface area (Å²) in [5.74, 6) is -0.825. The highest BCUT2D eigenvalue weighted by atomic mass is 31.2. The molecule has 0 saturated carbocycles. The average molecular weight is 1160 g/mol. The van der Waals surface area contributed by atoms with E-state index in [1.54, 1.807) is 0 Å². The topological polar surface area (TPSA) is 108 Å². The molecule has 0 aromatic heterocycles. The zero-order valence-electron chi connectivity index (χ0n) is 53.4. The van der Waals surface area contributed by atoms with E-state index >= 15 is 0 Å². The number of phosphoric acid groups is 1. The number of quaternary nitrogens is 1. The highest BCUT2D eigenvalue weighted by Crippen LogP contribution is 2.43. The molecule has 0 aliphatic rings. The largest absolute Gasteiger partial charge is 0.472 e. The number of likely N-dealkylation sites (N-methyl/N-ethyl adjacent to an activating group) is 1. The predicted octanol–water partition coefficient (Wildman–Crippen LogP) is 21.5. The Labute approximate surface area is 505 Å². The van der Waals surface area contributed by atoms with E-state index in [2.05, 4.69) is 135 Å². The second-order valence-electron chi connectivity index (χ2n) is 23.1. The van der Waals surface area contributed by atoms with Crippen LogP contribution in [0.15, 0.2) is 122 Å². The van der Waals surface area contributed by atoms with Gasteiger partial charge in [-0.3, -0.25) is 18.6 Å². The van der Waals surface area contributed by atoms with Crippen molar-refractivity contribution >= 4 is 19.8 Å². The van der Waals surface area contributed by atoms with Gasteiger partial charge in [-0.1, -0.05) is 277 Å². The van der Waals surface area contributed by atoms with Crippen LogP contribution in [0.25, 0.3) is 0 Å². The van der Waals surface area contributed by atoms with Crippen molar-refractivity contribution in [3.05, 3.63) is 122 Å². The Morgan fingerprint density at radius 2 is 0.659 bits per heavy atom. The molecule has 1 N–H and O–H groups in total. The van der Waals surface area contributed by atoms with Crippen molar-refractivity contribution in [3.8, 4) is 0 Å². The third-order valence-electron chi connectivity index (χ3n) is 14.0. The Kier molecular flexibility index (Phi) is 59.2. The number of carbonyl (C=O) groups is 2. The summed E-state index contributed by atoms with van der Waals surface area (Å²) in [6.45, 7) is 4.19. The molecule has 0 aliphatic carbocycles. The smallest absolute Gasteiger partial charge is 0.462 e. The fraction of sp³-hybridized carbons (Fsp3) is 0.694. The molecule has 0 heterocycles. The minimum absolute atomic E-state index is 0.0217. The Morgan fingerprint density at radius 3 is 0.976 bits per heavy atom. The highest BCUT2D eigenvalue weighted by molar-refractivity contribution is 7.47. The van der Waals surface area contributed by atoms with Crippen LogP contribution in [0.1, 0.15) is 271 Å². The van der Waals surface area contributed by atoms with Crippen LogP contribution in [0.4, 0.5) is 0 Å². The van der Waals surface area contributed by atoms with Gasteiger partial charge in [0.15, 0.2) is 6.10 Å². The van der Waals surface area contributed by atoms with Gasteiger partial charge in [-0.15, -0.1) is 0 Å². The summed E-state index contributed by atoms with van der Waals surface area (Å²) < 4.78 is 34.6. The summed E-state index contributed by atoms with van der Waals surface area (Å²) in [6.07, 6.45) is 88.7. The number of carbonyl (C=O) groups excluding carboxylic acids is 2. The quantitative estimate of drug-likeness (QED) is 0.0211. The van der Waals surface area contributed by atoms with Gasteiger partial charge in [0.2, 0.25) is 0 Å². The first-order valence-corrected chi connectivity index (χ1v) is 34.8. The van der Waals surface area contributed by atoms with Crippen molar-refractivity contribution in [1.82, 2.24) is 0 Å². The lowest BCUT2D eigenvalue weighted by molar-refractivity contribution is -0.870. The van der Waals surface area contributed by atoms with E-state index in [-0.39, 0.29) is 32.0 Å². The molecule has 0 saturated heterocycles. The summed E-state index contributed by atoms with van der Waals surface area (Å²) in [5, 5.41) is 0. The van der Waals surface area contributed by atoms with E-state index in [1.807, 2.05) is 21.1 Å². The molecule has 0 spiro atoms. The van der Waals surface area contributed by atoms with Gasteiger partial charge in [-0.2, -0.15) is 0 Å². The molecule has 9 nitrogen and oxygen atoms in total. The van der Waals surface area contributed by atoms with Gasteiger partial charge < -0.3 is 18.9 Å². The van der Waals surface area contributed by atoms with Crippen LogP contribution in [0.2, 0.25) is 0 Å². The van der Waals surface area contributed by atoms with E-state index in [9.17, 15) is 19.0 Å². The van der Waals surface area contributed by atoms with E-state index < -0.39 is 26.5 Å². The third-order valence-corrected chi connectivity index (χ3v) is 15.0. The van der Waals surface area contributed by atoms with Gasteiger partial charge in [0, 0.05) is 12.8 Å². The lowest BCUT2D eigenvalue weighted by Gasteiger charge is -2.24. The molecule has 2 atom stereocenters. The predicted molar refractivity (Wildman–Crippen MR) is 353 cm³/mol. The monoisotopic (exact) mass is 1160 g/mol. The third kappa shape index (κ3) is 65.6. The number of allylic oxidation sites excluding steroid dienone is 20. The van der Waals surface area contributed by atoms with Crippen LogP contribution in [0.5, 0.6) is 0 Å². The Hall–Kier alpha value is -3.59. The van der Waals surface area contributed by atoms with Crippen molar-refractivity contribution in [1.29, 1.82) is 0 Å². The van der Waals surface area contributed by atoms with Crippen LogP contribution in [-0.2, 0) is 32.7 Å². The molecule has 0 bridgehead atoms. The van der Waals surface area contributed by atoms with Gasteiger partial charge in [0.1, 0.15) is 19.8 Å². The van der Waals surface area contributed by atoms with Crippen LogP contribution in [0, 0.1) is 0 Å². The number of hydrogen-bond acceptors (Lipinski definition) is 7. The molecular formula is C72H125NO8P+. The lowest BCUT2D eigenvalue weighted by Crippen LogP contribution is -2.37. The number of rotatable bonds is 60. The molecule has 470 valence electrons. The van der Waals surface area contributed by atoms with Crippen LogP contribution < -0.4 is 0 Å². The molecule has 0 aliphatic heterocycles. The number of unbranched alkanes of at least 4 members (excludes halogenated alkanes) is 26. The van der Waals surface area contributed by atoms with Crippen molar-refractivity contribution in [2.24, 2.45) is 0 Å². The molecule has 0 rings (SSSR count). The summed E-state index contributed by atoms with van der Waals surface area (Å²) in [7, 11) is 1.45. The van der Waals surface area contributed by atoms with Gasteiger partial charge in [0.05, 0.1) is 27.7 Å². The van der Waals surface area contributed by atoms with Crippen molar-refractivity contribution < 1.29 is 42.1 Å². The van der Waals surface area contributed by atoms with E-state index in [0.29, 0.717) is 17.4 Å². The number of hydrogen-bond donors (Lipinski definition) is 1. The maximum absolute atomic E-state index is 12.8. The zero-order chi connectivity index (χ0) is 59.8. The summed E-state index contributed by atoms with van der Waals surface area (Å²) in [4.78, 5) is 35.8. The lowest BCUT2D eigenvalue weighted by atomic mass is 10.0. The number of ether oxygens (including phenoxy) is 2. The average Bonchev–Trinajstić information content (AvgIpc) is 3.46. The van der Waals surface area contributed by atoms with Gasteiger partial charge >= 0.3 is 19.8 Å². The number of phosphoric ester groups is 1. The van der Waals surface area contributed by atoms with Gasteiger partial charge in [-0.05, 0) is 103 Å². The SMILES string of the molecule is CC/C=C\C/C=C\C/C=C\C/C=C\C/C=C\C/C=C\CCCCCCC(=O)OC(COC(=O)CCCCCCCCCCCCCCCCCCCCCCCC/C=C\C/C=C\C/C=C\C/C=C\CC)COP(=O)(O)OCC[N+](C)(C)C. The van der Waals surface area contributed by atoms with E-state index in [0.717, 1.165) is 109 Å². The maximum atomic E-state index is 12.8. The Morgan fingerprint density at radius 1 is 0.378 bits per heavy atom. The van der Waals surface area contributed by atoms with E-state index in [4.69, 9.17) is 18.5 Å². The standard InChI is InChI=1S/C72H124NO8P/c1-6-8-10-12-14-16-18-20-22-24-26-28-30-31-32-33-34-35-36-37-38-39-40-41-43-44-46-48-50-52-54-56-58-60-62-64-71(74)78-68-70(69-80-82(76,77)79-67-66-73(3,4)5)81-72(75)65-63-61-59-57-55-53-51-49-47-45-42-29-27-25-23-21-19-17-15-13-11-9-7-2/h8-11,14-17,20-23,26-29,45,47,51,53,70H,6-7,12-13,18-19,24-25,30-44,46,48-50,52,54-69H2,1-5H3/p+1/b10-8-,11-9-,16-14-,17-15-,22-20-,23-21-,28-26-,29-27-,47-45-,53-51-. The summed E-state index contributed by atoms with van der Waals surface area (Å²) >= 11 is 0. The van der Waals surface area contributed by atoms with Crippen LogP contribution in [-0.4, -0.2) is 74.9 Å². The first-order chi connectivity index (χ1) is 40.0. The normalized spacial score (nSPS) is 14.0. The molecule has 2 unspecified atom stereocenters. The number of esters is 2. The minimum atomic E-state index is -4.40. The molecule has 0 aromatic rings. The van der Waals surface area contributed by atoms with Crippen molar-refractivity contribution in [2.75, 3.05) is 47.5 Å². The zero-order valence-corrected chi connectivity index (χ0v) is 54.3. The summed E-state index contributed by atoms with van der Waals surface area (Å²) in [6, 6.07) is 0. The molecule has 10 heteroatoms. The summed E-state index contributed by atoms with van der Waals surface area (Å²) in [5.41, 5.74) is 0. The molecule has 0 aromatic carbocycles. The highest BCUT2D eigenvalue weighted by Gasteiger charge is 2.27. The molecule has 0 amide bonds. The van der Waals surface area contributed by atoms with E-state index in [1.165, 1.54) is 128 Å². The first-order valence-electron chi connectivity index (χ1n) is 33.3. The number of nitrogens with zero attached hydrogens (tertiary/aromatic N) is 1. The molecule has 0 radical (unpaired) electrons. The second-order valence-corrected chi connectivity index (χ2v) is 24.5. The Bertz CT molecular complexity index is 1800.